The first kappa shape index (κ1) is 22.8. The van der Waals surface area contributed by atoms with Crippen molar-refractivity contribution in [3.8, 4) is 5.69 Å². The van der Waals surface area contributed by atoms with Crippen LogP contribution in [0.25, 0.3) is 5.69 Å². The topological polar surface area (TPSA) is 51.0 Å². The second kappa shape index (κ2) is 9.81. The van der Waals surface area contributed by atoms with Gasteiger partial charge in [0.2, 0.25) is 5.92 Å². The molecule has 0 saturated heterocycles. The summed E-state index contributed by atoms with van der Waals surface area (Å²) >= 11 is 7.62. The average molecular weight is 447 g/mol. The first-order chi connectivity index (χ1) is 13.1. The number of aromatic nitrogens is 3. The van der Waals surface area contributed by atoms with Gasteiger partial charge in [-0.1, -0.05) is 18.2 Å². The average Bonchev–Trinajstić information content (AvgIpc) is 3.00. The lowest BCUT2D eigenvalue weighted by molar-refractivity contribution is -0.114. The molecule has 0 fully saturated rings. The van der Waals surface area contributed by atoms with Crippen LogP contribution in [0, 0.1) is 0 Å². The smallest absolute Gasteiger partial charge is 0.254 e. The van der Waals surface area contributed by atoms with Gasteiger partial charge in [0.15, 0.2) is 5.15 Å². The maximum absolute atomic E-state index is 12.8. The molecule has 1 atom stereocenters. The minimum atomic E-state index is -2.66. The minimum absolute atomic E-state index is 0.165. The predicted molar refractivity (Wildman–Crippen MR) is 115 cm³/mol. The number of carbonyl (C=O) groups excluding carboxylic acids is 1. The van der Waals surface area contributed by atoms with Gasteiger partial charge in [-0.3, -0.25) is 9.78 Å². The molecule has 2 heterocycles. The molecule has 10 heteroatoms. The van der Waals surface area contributed by atoms with Crippen LogP contribution >= 0.6 is 32.6 Å². The molecule has 0 saturated carbocycles. The van der Waals surface area contributed by atoms with Gasteiger partial charge in [0.25, 0.3) is 5.91 Å². The van der Waals surface area contributed by atoms with Gasteiger partial charge in [0.1, 0.15) is 5.69 Å². The third-order valence-corrected chi connectivity index (χ3v) is 5.53. The van der Waals surface area contributed by atoms with E-state index in [0.717, 1.165) is 12.2 Å². The number of nitrogens with zero attached hydrogens (tertiary/aromatic N) is 4. The fourth-order valence-electron chi connectivity index (χ4n) is 2.36. The van der Waals surface area contributed by atoms with Crippen LogP contribution < -0.4 is 10.2 Å². The van der Waals surface area contributed by atoms with Crippen LogP contribution in [-0.4, -0.2) is 45.1 Å². The van der Waals surface area contributed by atoms with Gasteiger partial charge >= 0.3 is 0 Å². The molecule has 28 heavy (non-hydrogen) atoms. The summed E-state index contributed by atoms with van der Waals surface area (Å²) in [6.07, 6.45) is 5.19. The van der Waals surface area contributed by atoms with Gasteiger partial charge in [-0.25, -0.2) is 13.5 Å². The summed E-state index contributed by atoms with van der Waals surface area (Å²) in [7, 11) is 4.14. The standard InChI is InChI=1S/C18H22ClF2N4OPS/c1-12(11-28-6-4-5-18(2,20)21)17(26)24(3)15-10-25(23-16(15)19)13-7-14(27)9-22-8-13/h7-10H,1,4-6,11,27H2,2-3H3. The first-order valence-electron chi connectivity index (χ1n) is 8.46. The fraction of sp³-hybridized carbons (Fsp3) is 0.389. The van der Waals surface area contributed by atoms with Crippen molar-refractivity contribution in [3.63, 3.8) is 0 Å². The first-order valence-corrected chi connectivity index (χ1v) is 10.6. The number of hydrogen-bond acceptors (Lipinski definition) is 4. The molecule has 152 valence electrons. The molecule has 2 aromatic heterocycles. The number of likely N-dealkylation sites (N-methyl/N-ethyl adjacent to an activating group) is 1. The summed E-state index contributed by atoms with van der Waals surface area (Å²) < 4.78 is 27.1. The highest BCUT2D eigenvalue weighted by Gasteiger charge is 2.21. The van der Waals surface area contributed by atoms with Gasteiger partial charge in [-0.15, -0.1) is 9.24 Å². The molecule has 0 spiro atoms. The van der Waals surface area contributed by atoms with Gasteiger partial charge in [-0.2, -0.15) is 16.9 Å². The van der Waals surface area contributed by atoms with E-state index in [-0.39, 0.29) is 17.5 Å². The Kier molecular flexibility index (Phi) is 7.98. The molecule has 1 unspecified atom stereocenters. The third-order valence-electron chi connectivity index (χ3n) is 3.81. The summed E-state index contributed by atoms with van der Waals surface area (Å²) in [4.78, 5) is 18.1. The minimum Gasteiger partial charge on any atom is -0.307 e. The predicted octanol–water partition coefficient (Wildman–Crippen LogP) is 4.11. The van der Waals surface area contributed by atoms with E-state index in [2.05, 4.69) is 25.9 Å². The van der Waals surface area contributed by atoms with Crippen molar-refractivity contribution >= 4 is 49.5 Å². The van der Waals surface area contributed by atoms with Crippen LogP contribution in [0.1, 0.15) is 19.8 Å². The van der Waals surface area contributed by atoms with Crippen molar-refractivity contribution in [3.05, 3.63) is 42.0 Å². The highest BCUT2D eigenvalue weighted by molar-refractivity contribution is 7.99. The van der Waals surface area contributed by atoms with Crippen LogP contribution in [0.5, 0.6) is 0 Å². The number of amides is 1. The molecule has 0 aliphatic heterocycles. The third kappa shape index (κ3) is 6.54. The monoisotopic (exact) mass is 446 g/mol. The highest BCUT2D eigenvalue weighted by atomic mass is 35.5. The largest absolute Gasteiger partial charge is 0.307 e. The number of hydrogen-bond donors (Lipinski definition) is 0. The lowest BCUT2D eigenvalue weighted by atomic mass is 10.2. The summed E-state index contributed by atoms with van der Waals surface area (Å²) in [5.41, 5.74) is 1.52. The van der Waals surface area contributed by atoms with Crippen LogP contribution in [0.3, 0.4) is 0 Å². The van der Waals surface area contributed by atoms with E-state index in [0.29, 0.717) is 34.9 Å². The van der Waals surface area contributed by atoms with Crippen molar-refractivity contribution in [1.29, 1.82) is 0 Å². The van der Waals surface area contributed by atoms with Gasteiger partial charge in [-0.05, 0) is 30.5 Å². The number of pyridine rings is 1. The lowest BCUT2D eigenvalue weighted by Gasteiger charge is -2.17. The molecular weight excluding hydrogens is 425 g/mol. The van der Waals surface area contributed by atoms with E-state index in [1.807, 2.05) is 6.07 Å². The van der Waals surface area contributed by atoms with Crippen LogP contribution in [0.2, 0.25) is 5.15 Å². The second-order valence-electron chi connectivity index (χ2n) is 6.42. The van der Waals surface area contributed by atoms with E-state index < -0.39 is 5.92 Å². The summed E-state index contributed by atoms with van der Waals surface area (Å²) in [6.45, 7) is 4.72. The zero-order valence-electron chi connectivity index (χ0n) is 15.7. The molecule has 0 aliphatic carbocycles. The molecule has 2 aromatic rings. The van der Waals surface area contributed by atoms with Crippen molar-refractivity contribution < 1.29 is 13.6 Å². The Balaban J connectivity index is 1.96. The van der Waals surface area contributed by atoms with Crippen LogP contribution in [0.15, 0.2) is 36.8 Å². The normalized spacial score (nSPS) is 11.5. The number of alkyl halides is 2. The number of thioether (sulfide) groups is 1. The lowest BCUT2D eigenvalue weighted by Crippen LogP contribution is -2.28. The van der Waals surface area contributed by atoms with E-state index in [1.54, 1.807) is 30.3 Å². The zero-order valence-corrected chi connectivity index (χ0v) is 18.4. The molecular formula is C18H22ClF2N4OPS. The van der Waals surface area contributed by atoms with Gasteiger partial charge < -0.3 is 4.90 Å². The Morgan fingerprint density at radius 2 is 2.18 bits per heavy atom. The number of anilines is 1. The molecule has 0 bridgehead atoms. The molecule has 0 N–H and O–H groups in total. The Hall–Kier alpha value is -1.50. The SMILES string of the molecule is C=C(CSCCCC(C)(F)F)C(=O)N(C)c1cn(-c2cncc(P)c2)nc1Cl. The second-order valence-corrected chi connectivity index (χ2v) is 8.55. The number of carbonyl (C=O) groups is 1. The molecule has 1 amide bonds. The van der Waals surface area contributed by atoms with Gasteiger partial charge in [0, 0.05) is 31.0 Å². The van der Waals surface area contributed by atoms with E-state index in [9.17, 15) is 13.6 Å². The maximum atomic E-state index is 12.8. The Labute approximate surface area is 174 Å². The number of halogens is 3. The summed E-state index contributed by atoms with van der Waals surface area (Å²) in [6, 6.07) is 1.86. The molecule has 0 radical (unpaired) electrons. The summed E-state index contributed by atoms with van der Waals surface area (Å²) in [5, 5.41) is 5.29. The van der Waals surface area contributed by atoms with Crippen LogP contribution in [-0.2, 0) is 4.79 Å². The van der Waals surface area contributed by atoms with E-state index in [4.69, 9.17) is 11.6 Å². The Bertz CT molecular complexity index is 856. The van der Waals surface area contributed by atoms with E-state index >= 15 is 0 Å². The Morgan fingerprint density at radius 1 is 1.46 bits per heavy atom. The fourth-order valence-corrected chi connectivity index (χ4v) is 3.74. The van der Waals surface area contributed by atoms with Crippen molar-refractivity contribution in [2.24, 2.45) is 0 Å². The van der Waals surface area contributed by atoms with Crippen molar-refractivity contribution in [1.82, 2.24) is 14.8 Å². The van der Waals surface area contributed by atoms with Gasteiger partial charge in [0.05, 0.1) is 18.1 Å². The van der Waals surface area contributed by atoms with Crippen molar-refractivity contribution in [2.45, 2.75) is 25.7 Å². The van der Waals surface area contributed by atoms with Crippen molar-refractivity contribution in [2.75, 3.05) is 23.5 Å². The van der Waals surface area contributed by atoms with Crippen LogP contribution in [0.4, 0.5) is 14.5 Å². The maximum Gasteiger partial charge on any atom is 0.254 e. The molecule has 0 aliphatic rings. The molecule has 2 rings (SSSR count). The molecule has 5 nitrogen and oxygen atoms in total. The zero-order chi connectivity index (χ0) is 20.9. The molecule has 0 aromatic carbocycles. The summed E-state index contributed by atoms with van der Waals surface area (Å²) in [5.74, 6) is -2.05. The van der Waals surface area contributed by atoms with E-state index in [1.165, 1.54) is 16.7 Å². The quantitative estimate of drug-likeness (QED) is 0.330. The highest BCUT2D eigenvalue weighted by Crippen LogP contribution is 2.26. The Morgan fingerprint density at radius 3 is 2.82 bits per heavy atom. The number of rotatable bonds is 9.